The third-order valence-electron chi connectivity index (χ3n) is 9.52. The van der Waals surface area contributed by atoms with Crippen molar-refractivity contribution >= 4 is 41.8 Å². The number of carboxylic acids is 3. The number of phenols is 2. The summed E-state index contributed by atoms with van der Waals surface area (Å²) >= 11 is 0. The Morgan fingerprint density at radius 3 is 0.918 bits per heavy atom. The van der Waals surface area contributed by atoms with Crippen LogP contribution in [0, 0.1) is 0 Å². The van der Waals surface area contributed by atoms with E-state index in [9.17, 15) is 48.9 Å². The fourth-order valence-electron chi connectivity index (χ4n) is 6.25. The van der Waals surface area contributed by atoms with Gasteiger partial charge in [0, 0.05) is 25.7 Å². The molecule has 0 bridgehead atoms. The number of ether oxygens (including phenoxy) is 4. The molecule has 0 amide bonds. The summed E-state index contributed by atoms with van der Waals surface area (Å²) in [5.41, 5.74) is -0.999. The first-order valence-electron chi connectivity index (χ1n) is 20.6. The molecule has 0 fully saturated rings. The van der Waals surface area contributed by atoms with E-state index in [0.717, 1.165) is 107 Å². The first-order chi connectivity index (χ1) is 29.2. The zero-order valence-electron chi connectivity index (χ0n) is 34.1. The molecule has 5 N–H and O–H groups in total. The number of benzene rings is 3. The molecule has 16 heteroatoms. The van der Waals surface area contributed by atoms with Crippen molar-refractivity contribution in [1.29, 1.82) is 0 Å². The van der Waals surface area contributed by atoms with E-state index in [1.54, 1.807) is 0 Å². The number of aromatic carboxylic acids is 3. The van der Waals surface area contributed by atoms with Crippen LogP contribution >= 0.6 is 0 Å². The minimum atomic E-state index is -1.34. The highest BCUT2D eigenvalue weighted by atomic mass is 16.5. The Hall–Kier alpha value is -6.45. The number of carbonyl (C=O) groups is 7. The highest BCUT2D eigenvalue weighted by Crippen LogP contribution is 2.27. The zero-order chi connectivity index (χ0) is 44.6. The predicted octanol–water partition coefficient (Wildman–Crippen LogP) is 9.02. The van der Waals surface area contributed by atoms with Crippen LogP contribution < -0.4 is 18.9 Å². The Labute approximate surface area is 353 Å². The average Bonchev–Trinajstić information content (AvgIpc) is 3.21. The molecular weight excluding hydrogens is 796 g/mol. The number of unbranched alkanes of at least 4 members (excludes halogenated alkanes) is 14. The van der Waals surface area contributed by atoms with E-state index in [1.165, 1.54) is 24.3 Å². The van der Waals surface area contributed by atoms with Gasteiger partial charge in [-0.1, -0.05) is 77.0 Å². The molecule has 3 aromatic carbocycles. The molecule has 0 radical (unpaired) electrons. The Morgan fingerprint density at radius 1 is 0.344 bits per heavy atom. The quantitative estimate of drug-likeness (QED) is 0.0248. The molecule has 3 aromatic rings. The maximum atomic E-state index is 12.4. The van der Waals surface area contributed by atoms with E-state index in [1.807, 2.05) is 0 Å². The van der Waals surface area contributed by atoms with E-state index in [4.69, 9.17) is 29.2 Å². The fourth-order valence-corrected chi connectivity index (χ4v) is 6.25. The van der Waals surface area contributed by atoms with E-state index in [2.05, 4.69) is 0 Å². The van der Waals surface area contributed by atoms with Gasteiger partial charge in [-0.05, 0) is 80.3 Å². The lowest BCUT2D eigenvalue weighted by Crippen LogP contribution is -2.12. The molecular formula is C45H54O16. The van der Waals surface area contributed by atoms with Gasteiger partial charge in [-0.25, -0.2) is 14.4 Å². The van der Waals surface area contributed by atoms with Gasteiger partial charge in [-0.2, -0.15) is 0 Å². The number of hydrogen-bond acceptors (Lipinski definition) is 13. The number of carboxylic acid groups (broad SMARTS) is 3. The minimum absolute atomic E-state index is 0.0317. The molecule has 3 rings (SSSR count). The Morgan fingerprint density at radius 2 is 0.607 bits per heavy atom. The van der Waals surface area contributed by atoms with E-state index >= 15 is 0 Å². The number of aromatic hydroxyl groups is 2. The molecule has 0 spiro atoms. The Balaban J connectivity index is 1.19. The molecule has 16 nitrogen and oxygen atoms in total. The fraction of sp³-hybridized carbons (Fsp3) is 0.444. The van der Waals surface area contributed by atoms with Crippen molar-refractivity contribution in [2.45, 2.75) is 128 Å². The van der Waals surface area contributed by atoms with Crippen LogP contribution in [0.4, 0.5) is 0 Å². The highest BCUT2D eigenvalue weighted by Gasteiger charge is 2.18. The van der Waals surface area contributed by atoms with Crippen molar-refractivity contribution in [1.82, 2.24) is 0 Å². The smallest absolute Gasteiger partial charge is 0.339 e. The highest BCUT2D eigenvalue weighted by molar-refractivity contribution is 5.93. The van der Waals surface area contributed by atoms with E-state index < -0.39 is 53.3 Å². The van der Waals surface area contributed by atoms with Gasteiger partial charge in [0.05, 0.1) is 0 Å². The summed E-state index contributed by atoms with van der Waals surface area (Å²) in [7, 11) is 0. The number of rotatable bonds is 29. The summed E-state index contributed by atoms with van der Waals surface area (Å²) in [6.07, 6.45) is 13.6. The van der Waals surface area contributed by atoms with Crippen LogP contribution in [0.5, 0.6) is 34.5 Å². The average molecular weight is 851 g/mol. The molecule has 61 heavy (non-hydrogen) atoms. The maximum absolute atomic E-state index is 12.4. The van der Waals surface area contributed by atoms with Gasteiger partial charge in [-0.3, -0.25) is 19.2 Å². The van der Waals surface area contributed by atoms with Crippen LogP contribution in [0.25, 0.3) is 0 Å². The molecule has 0 saturated heterocycles. The van der Waals surface area contributed by atoms with Gasteiger partial charge < -0.3 is 44.5 Å². The van der Waals surface area contributed by atoms with Crippen LogP contribution in [0.3, 0.4) is 0 Å². The van der Waals surface area contributed by atoms with Gasteiger partial charge >= 0.3 is 41.8 Å². The molecule has 0 saturated carbocycles. The maximum Gasteiger partial charge on any atom is 0.339 e. The van der Waals surface area contributed by atoms with Crippen LogP contribution in [-0.4, -0.2) is 67.3 Å². The molecule has 0 aromatic heterocycles. The van der Waals surface area contributed by atoms with Gasteiger partial charge in [0.1, 0.15) is 51.2 Å². The third-order valence-corrected chi connectivity index (χ3v) is 9.52. The number of carbonyl (C=O) groups excluding carboxylic acids is 4. The van der Waals surface area contributed by atoms with Gasteiger partial charge in [0.2, 0.25) is 0 Å². The number of esters is 4. The van der Waals surface area contributed by atoms with Crippen molar-refractivity contribution in [3.8, 4) is 34.5 Å². The molecule has 0 aliphatic carbocycles. The van der Waals surface area contributed by atoms with Gasteiger partial charge in [-0.15, -0.1) is 0 Å². The summed E-state index contributed by atoms with van der Waals surface area (Å²) in [5, 5.41) is 46.9. The largest absolute Gasteiger partial charge is 0.507 e. The summed E-state index contributed by atoms with van der Waals surface area (Å²) < 4.78 is 21.0. The lowest BCUT2D eigenvalue weighted by Gasteiger charge is -2.10. The molecule has 0 unspecified atom stereocenters. The summed E-state index contributed by atoms with van der Waals surface area (Å²) in [5.74, 6) is -6.87. The summed E-state index contributed by atoms with van der Waals surface area (Å²) in [6.45, 7) is 0. The normalized spacial score (nSPS) is 10.8. The van der Waals surface area contributed by atoms with Crippen molar-refractivity contribution < 1.29 is 78.0 Å². The zero-order valence-corrected chi connectivity index (χ0v) is 34.1. The second kappa shape index (κ2) is 26.6. The van der Waals surface area contributed by atoms with Crippen molar-refractivity contribution in [2.24, 2.45) is 0 Å². The Kier molecular flexibility index (Phi) is 21.3. The minimum Gasteiger partial charge on any atom is -0.507 e. The lowest BCUT2D eigenvalue weighted by molar-refractivity contribution is -0.135. The van der Waals surface area contributed by atoms with Gasteiger partial charge in [0.15, 0.2) is 0 Å². The van der Waals surface area contributed by atoms with Gasteiger partial charge in [0.25, 0.3) is 0 Å². The summed E-state index contributed by atoms with van der Waals surface area (Å²) in [6, 6.07) is 11.0. The van der Waals surface area contributed by atoms with Crippen LogP contribution in [-0.2, 0) is 19.2 Å². The van der Waals surface area contributed by atoms with Crippen LogP contribution in [0.2, 0.25) is 0 Å². The Bertz CT molecular complexity index is 1970. The molecule has 330 valence electrons. The van der Waals surface area contributed by atoms with Crippen molar-refractivity contribution in [3.05, 3.63) is 71.3 Å². The third kappa shape index (κ3) is 19.0. The van der Waals surface area contributed by atoms with E-state index in [0.29, 0.717) is 25.7 Å². The first-order valence-corrected chi connectivity index (χ1v) is 20.6. The number of hydrogen-bond donors (Lipinski definition) is 5. The van der Waals surface area contributed by atoms with Crippen molar-refractivity contribution in [3.63, 3.8) is 0 Å². The monoisotopic (exact) mass is 850 g/mol. The topological polar surface area (TPSA) is 258 Å². The van der Waals surface area contributed by atoms with E-state index in [-0.39, 0.29) is 65.4 Å². The second-order valence-electron chi connectivity index (χ2n) is 14.5. The SMILES string of the molecule is O=C(CCCCCCCCCCC(=O)Oc1ccc(OC(=O)CCCCCCCCCCC(=O)Oc2ccc(O)c(C(=O)O)c2)c(C(=O)O)c1)Oc1ccc(O)c(C(=O)O)c1. The standard InChI is InChI=1S/C45H54O16/c46-36-24-21-30(27-33(36)43(52)53)58-39(48)17-13-9-5-1-2-6-11-15-19-41(50)60-32-23-26-38(35(29-32)45(56)57)61-42(51)20-16-12-8-4-3-7-10-14-18-40(49)59-31-22-25-37(47)34(28-31)44(54)55/h21-29,46-47H,1-20H2,(H,52,53)(H,54,55)(H,56,57). The van der Waals surface area contributed by atoms with Crippen LogP contribution in [0.15, 0.2) is 54.6 Å². The summed E-state index contributed by atoms with van der Waals surface area (Å²) in [4.78, 5) is 83.1. The predicted molar refractivity (Wildman–Crippen MR) is 218 cm³/mol. The first kappa shape index (κ1) is 48.9. The molecule has 0 aliphatic rings. The molecule has 0 atom stereocenters. The second-order valence-corrected chi connectivity index (χ2v) is 14.5. The van der Waals surface area contributed by atoms with Crippen molar-refractivity contribution in [2.75, 3.05) is 0 Å². The molecule has 0 heterocycles. The molecule has 0 aliphatic heterocycles. The van der Waals surface area contributed by atoms with Crippen LogP contribution in [0.1, 0.15) is 159 Å². The lowest BCUT2D eigenvalue weighted by atomic mass is 10.1.